The van der Waals surface area contributed by atoms with Gasteiger partial charge < -0.3 is 10.4 Å². The van der Waals surface area contributed by atoms with Crippen LogP contribution in [0.5, 0.6) is 5.75 Å². The number of thioether (sulfide) groups is 1. The van der Waals surface area contributed by atoms with Gasteiger partial charge in [-0.1, -0.05) is 78.6 Å². The fourth-order valence-electron chi connectivity index (χ4n) is 3.12. The first-order valence-electron chi connectivity index (χ1n) is 9.86. The maximum atomic E-state index is 10.8. The number of anilines is 2. The van der Waals surface area contributed by atoms with Crippen molar-refractivity contribution in [2.24, 2.45) is 0 Å². The van der Waals surface area contributed by atoms with E-state index in [1.165, 1.54) is 5.56 Å². The molecule has 30 heavy (non-hydrogen) atoms. The van der Waals surface area contributed by atoms with Crippen molar-refractivity contribution in [3.63, 3.8) is 0 Å². The van der Waals surface area contributed by atoms with Gasteiger partial charge >= 0.3 is 0 Å². The smallest absolute Gasteiger partial charge is 0.132 e. The Balaban J connectivity index is 1.65. The summed E-state index contributed by atoms with van der Waals surface area (Å²) in [5.41, 5.74) is 3.55. The highest BCUT2D eigenvalue weighted by Gasteiger charge is 2.22. The van der Waals surface area contributed by atoms with Crippen LogP contribution >= 0.6 is 39.2 Å². The number of rotatable bonds is 7. The zero-order valence-corrected chi connectivity index (χ0v) is 21.4. The van der Waals surface area contributed by atoms with Gasteiger partial charge in [0.2, 0.25) is 0 Å². The molecule has 0 aliphatic rings. The van der Waals surface area contributed by atoms with E-state index >= 15 is 0 Å². The van der Waals surface area contributed by atoms with Crippen LogP contribution in [0.4, 0.5) is 11.4 Å². The fraction of sp³-hybridized carbons (Fsp3) is 0.250. The van der Waals surface area contributed by atoms with Crippen molar-refractivity contribution in [2.45, 2.75) is 37.5 Å². The Labute approximate surface area is 199 Å². The molecule has 1 atom stereocenters. The predicted molar refractivity (Wildman–Crippen MR) is 144 cm³/mol. The van der Waals surface area contributed by atoms with Crippen LogP contribution in [0.25, 0.3) is 0 Å². The standard InChI is InChI=1S/C24H26BINOPS/c1-24(2,3)21-15-20(29(25)26)16-22(23(21)28)30-14-13-17-9-11-19(12-10-17)27-18-7-5-4-6-8-18/h4-12,15-16,27-28H,13-14H2,1-3H3. The maximum absolute atomic E-state index is 10.8. The van der Waals surface area contributed by atoms with Gasteiger partial charge in [0.25, 0.3) is 0 Å². The molecule has 0 aromatic heterocycles. The molecule has 154 valence electrons. The number of nitrogens with one attached hydrogen (secondary N) is 1. The molecule has 3 rings (SSSR count). The second-order valence-electron chi connectivity index (χ2n) is 8.19. The molecule has 1 unspecified atom stereocenters. The van der Waals surface area contributed by atoms with Crippen LogP contribution < -0.4 is 10.6 Å². The van der Waals surface area contributed by atoms with Crippen LogP contribution in [0.1, 0.15) is 31.9 Å². The Bertz CT molecular complexity index is 975. The van der Waals surface area contributed by atoms with Crippen LogP contribution in [-0.4, -0.2) is 18.4 Å². The molecule has 0 amide bonds. The summed E-state index contributed by atoms with van der Waals surface area (Å²) in [6.45, 7) is 6.37. The predicted octanol–water partition coefficient (Wildman–Crippen LogP) is 7.31. The van der Waals surface area contributed by atoms with Crippen molar-refractivity contribution in [2.75, 3.05) is 11.1 Å². The second kappa shape index (κ2) is 10.4. The lowest BCUT2D eigenvalue weighted by Crippen LogP contribution is -2.15. The summed E-state index contributed by atoms with van der Waals surface area (Å²) in [6.07, 6.45) is 0.937. The van der Waals surface area contributed by atoms with Gasteiger partial charge in [-0.05, 0) is 59.1 Å². The number of hydrogen-bond donors (Lipinski definition) is 2. The Morgan fingerprint density at radius 2 is 1.63 bits per heavy atom. The normalized spacial score (nSPS) is 12.5. The first-order chi connectivity index (χ1) is 14.2. The Hall–Kier alpha value is -1.17. The van der Waals surface area contributed by atoms with Gasteiger partial charge in [0.05, 0.1) is 4.90 Å². The third-order valence-electron chi connectivity index (χ3n) is 4.78. The number of aromatic hydroxyl groups is 1. The maximum Gasteiger partial charge on any atom is 0.132 e. The first kappa shape index (κ1) is 23.5. The van der Waals surface area contributed by atoms with Gasteiger partial charge in [0.1, 0.15) is 13.3 Å². The van der Waals surface area contributed by atoms with Crippen LogP contribution in [-0.2, 0) is 11.8 Å². The third kappa shape index (κ3) is 6.42. The molecule has 0 spiro atoms. The van der Waals surface area contributed by atoms with E-state index in [-0.39, 0.29) is 5.41 Å². The molecule has 0 aliphatic heterocycles. The van der Waals surface area contributed by atoms with E-state index in [2.05, 4.69) is 96.7 Å². The quantitative estimate of drug-likeness (QED) is 0.141. The summed E-state index contributed by atoms with van der Waals surface area (Å²) >= 11 is 3.98. The molecule has 6 heteroatoms. The molecule has 0 fully saturated rings. The van der Waals surface area contributed by atoms with Crippen molar-refractivity contribution >= 4 is 63.5 Å². The molecule has 2 N–H and O–H groups in total. The summed E-state index contributed by atoms with van der Waals surface area (Å²) in [5, 5.41) is 15.4. The summed E-state index contributed by atoms with van der Waals surface area (Å²) in [7, 11) is 6.19. The number of phenols is 1. The highest BCUT2D eigenvalue weighted by molar-refractivity contribution is 14.2. The minimum atomic E-state index is -0.733. The van der Waals surface area contributed by atoms with E-state index in [9.17, 15) is 5.11 Å². The van der Waals surface area contributed by atoms with E-state index < -0.39 is 5.44 Å². The van der Waals surface area contributed by atoms with Crippen molar-refractivity contribution in [1.29, 1.82) is 0 Å². The van der Waals surface area contributed by atoms with Gasteiger partial charge in [-0.25, -0.2) is 0 Å². The van der Waals surface area contributed by atoms with Crippen molar-refractivity contribution in [1.82, 2.24) is 0 Å². The van der Waals surface area contributed by atoms with Crippen molar-refractivity contribution in [3.8, 4) is 5.75 Å². The zero-order valence-electron chi connectivity index (χ0n) is 17.5. The summed E-state index contributed by atoms with van der Waals surface area (Å²) in [6, 6.07) is 22.8. The largest absolute Gasteiger partial charge is 0.506 e. The topological polar surface area (TPSA) is 32.3 Å². The van der Waals surface area contributed by atoms with Gasteiger partial charge in [-0.2, -0.15) is 0 Å². The number of aryl methyl sites for hydroxylation is 1. The fourth-order valence-corrected chi connectivity index (χ4v) is 5.56. The van der Waals surface area contributed by atoms with Crippen LogP contribution in [0.3, 0.4) is 0 Å². The molecule has 0 bridgehead atoms. The molecule has 0 heterocycles. The number of para-hydroxylation sites is 1. The monoisotopic (exact) mass is 545 g/mol. The van der Waals surface area contributed by atoms with E-state index in [0.29, 0.717) is 5.75 Å². The number of benzene rings is 3. The first-order valence-corrected chi connectivity index (χ1v) is 15.0. The average molecular weight is 545 g/mol. The van der Waals surface area contributed by atoms with Gasteiger partial charge in [-0.3, -0.25) is 0 Å². The minimum absolute atomic E-state index is 0.126. The minimum Gasteiger partial charge on any atom is -0.506 e. The SMILES string of the molecule is [B]P(I)c1cc(SCCc2ccc(Nc3ccccc3)cc2)c(O)c(C(C)(C)C)c1. The highest BCUT2D eigenvalue weighted by atomic mass is 127. The Kier molecular flexibility index (Phi) is 8.17. The summed E-state index contributed by atoms with van der Waals surface area (Å²) in [4.78, 5) is 0.925. The Morgan fingerprint density at radius 3 is 2.23 bits per heavy atom. The average Bonchev–Trinajstić information content (AvgIpc) is 2.70. The summed E-state index contributed by atoms with van der Waals surface area (Å²) in [5.74, 6) is 1.29. The molecular weight excluding hydrogens is 519 g/mol. The Morgan fingerprint density at radius 1 is 1.00 bits per heavy atom. The molecule has 0 saturated carbocycles. The molecule has 2 radical (unpaired) electrons. The summed E-state index contributed by atoms with van der Waals surface area (Å²) < 4.78 is 0. The van der Waals surface area contributed by atoms with Gasteiger partial charge in [0, 0.05) is 22.7 Å². The molecule has 0 saturated heterocycles. The molecule has 0 aliphatic carbocycles. The molecule has 3 aromatic rings. The highest BCUT2D eigenvalue weighted by Crippen LogP contribution is 2.44. The van der Waals surface area contributed by atoms with E-state index in [1.807, 2.05) is 18.2 Å². The van der Waals surface area contributed by atoms with Crippen LogP contribution in [0.2, 0.25) is 0 Å². The molecular formula is C24H26BINOPS. The number of phenolic OH excluding ortho intramolecular Hbond substituents is 1. The lowest BCUT2D eigenvalue weighted by molar-refractivity contribution is 0.435. The second-order valence-corrected chi connectivity index (χ2v) is 13.6. The van der Waals surface area contributed by atoms with Crippen LogP contribution in [0.15, 0.2) is 71.6 Å². The third-order valence-corrected chi connectivity index (χ3v) is 8.23. The lowest BCUT2D eigenvalue weighted by atomic mass is 9.86. The lowest BCUT2D eigenvalue weighted by Gasteiger charge is -2.24. The zero-order chi connectivity index (χ0) is 21.7. The number of hydrogen-bond acceptors (Lipinski definition) is 3. The van der Waals surface area contributed by atoms with Crippen molar-refractivity contribution in [3.05, 3.63) is 77.9 Å². The molecule has 3 aromatic carbocycles. The van der Waals surface area contributed by atoms with E-state index in [0.717, 1.165) is 39.3 Å². The number of halogens is 1. The van der Waals surface area contributed by atoms with Crippen molar-refractivity contribution < 1.29 is 5.11 Å². The van der Waals surface area contributed by atoms with E-state index in [1.54, 1.807) is 11.8 Å². The molecule has 2 nitrogen and oxygen atoms in total. The van der Waals surface area contributed by atoms with Crippen LogP contribution in [0, 0.1) is 0 Å². The van der Waals surface area contributed by atoms with Gasteiger partial charge in [0.15, 0.2) is 0 Å². The van der Waals surface area contributed by atoms with Gasteiger partial charge in [-0.15, -0.1) is 11.8 Å². The van der Waals surface area contributed by atoms with E-state index in [4.69, 9.17) is 7.57 Å².